The Morgan fingerprint density at radius 2 is 1.95 bits per heavy atom. The Morgan fingerprint density at radius 3 is 2.74 bits per heavy atom. The summed E-state index contributed by atoms with van der Waals surface area (Å²) in [6, 6.07) is 8.95. The van der Waals surface area contributed by atoms with E-state index in [9.17, 15) is 8.78 Å². The lowest BCUT2D eigenvalue weighted by Gasteiger charge is -2.10. The van der Waals surface area contributed by atoms with Crippen LogP contribution in [0.4, 0.5) is 14.7 Å². The van der Waals surface area contributed by atoms with Gasteiger partial charge in [0.25, 0.3) is 0 Å². The van der Waals surface area contributed by atoms with Crippen molar-refractivity contribution in [2.45, 2.75) is 6.92 Å². The van der Waals surface area contributed by atoms with Gasteiger partial charge < -0.3 is 5.73 Å². The molecule has 3 nitrogen and oxygen atoms in total. The minimum absolute atomic E-state index is 0.203. The summed E-state index contributed by atoms with van der Waals surface area (Å²) in [7, 11) is 0. The van der Waals surface area contributed by atoms with Crippen LogP contribution < -0.4 is 5.73 Å². The van der Waals surface area contributed by atoms with Crippen LogP contribution in [0.1, 0.15) is 5.56 Å². The molecular weight excluding hydrogens is 248 g/mol. The number of imidazole rings is 1. The van der Waals surface area contributed by atoms with E-state index >= 15 is 0 Å². The van der Waals surface area contributed by atoms with Crippen LogP contribution in [0.5, 0.6) is 0 Å². The molecule has 0 spiro atoms. The van der Waals surface area contributed by atoms with E-state index in [0.29, 0.717) is 22.3 Å². The Morgan fingerprint density at radius 1 is 1.16 bits per heavy atom. The predicted octanol–water partition coefficient (Wildman–Crippen LogP) is 3.19. The van der Waals surface area contributed by atoms with Crippen LogP contribution >= 0.6 is 0 Å². The van der Waals surface area contributed by atoms with E-state index in [1.807, 2.05) is 0 Å². The number of hydrogen-bond acceptors (Lipinski definition) is 2. The molecule has 0 saturated carbocycles. The van der Waals surface area contributed by atoms with Crippen LogP contribution in [0.2, 0.25) is 0 Å². The molecule has 0 unspecified atom stereocenters. The van der Waals surface area contributed by atoms with Crippen LogP contribution in [0.3, 0.4) is 0 Å². The molecule has 1 heterocycles. The van der Waals surface area contributed by atoms with Crippen molar-refractivity contribution < 1.29 is 8.78 Å². The molecule has 0 fully saturated rings. The summed E-state index contributed by atoms with van der Waals surface area (Å²) in [5, 5.41) is 0. The van der Waals surface area contributed by atoms with E-state index in [-0.39, 0.29) is 17.6 Å². The number of hydrogen-bond donors (Lipinski definition) is 1. The van der Waals surface area contributed by atoms with Crippen molar-refractivity contribution in [1.29, 1.82) is 0 Å². The molecule has 19 heavy (non-hydrogen) atoms. The molecule has 0 saturated heterocycles. The molecule has 3 rings (SSSR count). The van der Waals surface area contributed by atoms with Gasteiger partial charge in [-0.2, -0.15) is 0 Å². The van der Waals surface area contributed by atoms with Gasteiger partial charge in [-0.1, -0.05) is 6.07 Å². The lowest BCUT2D eigenvalue weighted by molar-refractivity contribution is 0.617. The molecule has 3 aromatic rings. The second-order valence-electron chi connectivity index (χ2n) is 4.32. The average molecular weight is 259 g/mol. The highest BCUT2D eigenvalue weighted by Gasteiger charge is 2.13. The van der Waals surface area contributed by atoms with Gasteiger partial charge in [0.05, 0.1) is 16.7 Å². The monoisotopic (exact) mass is 259 g/mol. The number of nitrogen functional groups attached to an aromatic ring is 1. The summed E-state index contributed by atoms with van der Waals surface area (Å²) in [5.74, 6) is -0.497. The Kier molecular flexibility index (Phi) is 2.48. The maximum Gasteiger partial charge on any atom is 0.205 e. The average Bonchev–Trinajstić information content (AvgIpc) is 2.68. The number of nitrogens with two attached hydrogens (primary N) is 1. The van der Waals surface area contributed by atoms with E-state index in [1.54, 1.807) is 29.7 Å². The zero-order valence-corrected chi connectivity index (χ0v) is 10.2. The third-order valence-corrected chi connectivity index (χ3v) is 3.12. The van der Waals surface area contributed by atoms with E-state index < -0.39 is 0 Å². The zero-order valence-electron chi connectivity index (χ0n) is 10.2. The first-order valence-corrected chi connectivity index (χ1v) is 5.77. The Hall–Kier alpha value is -2.43. The first-order valence-electron chi connectivity index (χ1n) is 5.77. The molecule has 0 bridgehead atoms. The van der Waals surface area contributed by atoms with Crippen molar-refractivity contribution in [2.24, 2.45) is 0 Å². The van der Waals surface area contributed by atoms with Crippen LogP contribution in [-0.4, -0.2) is 9.55 Å². The minimum Gasteiger partial charge on any atom is -0.369 e. The molecule has 0 amide bonds. The van der Waals surface area contributed by atoms with Crippen molar-refractivity contribution in [3.05, 3.63) is 53.6 Å². The van der Waals surface area contributed by atoms with Gasteiger partial charge in [0, 0.05) is 11.6 Å². The predicted molar refractivity (Wildman–Crippen MR) is 70.1 cm³/mol. The van der Waals surface area contributed by atoms with Crippen molar-refractivity contribution in [3.63, 3.8) is 0 Å². The van der Waals surface area contributed by atoms with E-state index in [2.05, 4.69) is 4.98 Å². The molecule has 1 aromatic heterocycles. The van der Waals surface area contributed by atoms with Crippen molar-refractivity contribution in [1.82, 2.24) is 9.55 Å². The second kappa shape index (κ2) is 4.05. The molecular formula is C14H11F2N3. The van der Waals surface area contributed by atoms with Gasteiger partial charge in [-0.25, -0.2) is 13.8 Å². The summed E-state index contributed by atoms with van der Waals surface area (Å²) in [6.45, 7) is 1.67. The van der Waals surface area contributed by atoms with Crippen molar-refractivity contribution in [2.75, 3.05) is 5.73 Å². The van der Waals surface area contributed by atoms with Gasteiger partial charge in [0.2, 0.25) is 5.95 Å². The highest BCUT2D eigenvalue weighted by Crippen LogP contribution is 2.26. The molecule has 0 atom stereocenters. The van der Waals surface area contributed by atoms with Crippen LogP contribution in [-0.2, 0) is 0 Å². The van der Waals surface area contributed by atoms with Crippen molar-refractivity contribution >= 4 is 17.0 Å². The standard InChI is InChI=1S/C14H11F2N3/c1-8-10(16)3-2-4-12(8)19-13-6-5-9(15)7-11(13)18-14(19)17/h2-7H,1H3,(H2,17,18). The fourth-order valence-electron chi connectivity index (χ4n) is 2.16. The van der Waals surface area contributed by atoms with E-state index in [0.717, 1.165) is 0 Å². The molecule has 2 aromatic carbocycles. The summed E-state index contributed by atoms with van der Waals surface area (Å²) in [4.78, 5) is 4.10. The highest BCUT2D eigenvalue weighted by atomic mass is 19.1. The largest absolute Gasteiger partial charge is 0.369 e. The quantitative estimate of drug-likeness (QED) is 0.729. The van der Waals surface area contributed by atoms with Crippen molar-refractivity contribution in [3.8, 4) is 5.69 Å². The molecule has 0 aliphatic heterocycles. The number of fused-ring (bicyclic) bond motifs is 1. The lowest BCUT2D eigenvalue weighted by atomic mass is 10.2. The number of aromatic nitrogens is 2. The third kappa shape index (κ3) is 1.74. The highest BCUT2D eigenvalue weighted by molar-refractivity contribution is 5.81. The first-order chi connectivity index (χ1) is 9.08. The van der Waals surface area contributed by atoms with Crippen LogP contribution in [0.25, 0.3) is 16.7 Å². The molecule has 0 aliphatic rings. The van der Waals surface area contributed by atoms with Gasteiger partial charge >= 0.3 is 0 Å². The van der Waals surface area contributed by atoms with Gasteiger partial charge in [0.15, 0.2) is 0 Å². The fourth-order valence-corrected chi connectivity index (χ4v) is 2.16. The smallest absolute Gasteiger partial charge is 0.205 e. The van der Waals surface area contributed by atoms with E-state index in [4.69, 9.17) is 5.73 Å². The Balaban J connectivity index is 2.36. The maximum atomic E-state index is 13.6. The number of nitrogens with zero attached hydrogens (tertiary/aromatic N) is 2. The summed E-state index contributed by atoms with van der Waals surface area (Å²) in [6.07, 6.45) is 0. The third-order valence-electron chi connectivity index (χ3n) is 3.12. The lowest BCUT2D eigenvalue weighted by Crippen LogP contribution is -2.03. The number of benzene rings is 2. The van der Waals surface area contributed by atoms with Gasteiger partial charge in [0.1, 0.15) is 11.6 Å². The van der Waals surface area contributed by atoms with Gasteiger partial charge in [-0.05, 0) is 31.2 Å². The SMILES string of the molecule is Cc1c(F)cccc1-n1c(N)nc2cc(F)ccc21. The normalized spacial score (nSPS) is 11.1. The number of halogens is 2. The molecule has 96 valence electrons. The number of anilines is 1. The molecule has 5 heteroatoms. The Labute approximate surface area is 108 Å². The maximum absolute atomic E-state index is 13.6. The van der Waals surface area contributed by atoms with Gasteiger partial charge in [-0.3, -0.25) is 4.57 Å². The van der Waals surface area contributed by atoms with E-state index in [1.165, 1.54) is 18.2 Å². The summed E-state index contributed by atoms with van der Waals surface area (Å²) < 4.78 is 28.4. The Bertz CT molecular complexity index is 778. The molecule has 2 N–H and O–H groups in total. The number of rotatable bonds is 1. The first kappa shape index (κ1) is 11.6. The zero-order chi connectivity index (χ0) is 13.6. The summed E-state index contributed by atoms with van der Waals surface area (Å²) in [5.41, 5.74) is 8.03. The summed E-state index contributed by atoms with van der Waals surface area (Å²) >= 11 is 0. The topological polar surface area (TPSA) is 43.8 Å². The molecule has 0 aliphatic carbocycles. The second-order valence-corrected chi connectivity index (χ2v) is 4.32. The van der Waals surface area contributed by atoms with Crippen LogP contribution in [0, 0.1) is 18.6 Å². The minimum atomic E-state index is -0.381. The molecule has 0 radical (unpaired) electrons. The van der Waals surface area contributed by atoms with Gasteiger partial charge in [-0.15, -0.1) is 0 Å². The van der Waals surface area contributed by atoms with Crippen LogP contribution in [0.15, 0.2) is 36.4 Å². The fraction of sp³-hybridized carbons (Fsp3) is 0.0714.